The second-order valence-electron chi connectivity index (χ2n) is 5.63. The van der Waals surface area contributed by atoms with E-state index in [-0.39, 0.29) is 17.2 Å². The van der Waals surface area contributed by atoms with Crippen LogP contribution in [-0.4, -0.2) is 38.4 Å². The number of nitrogens with zero attached hydrogens (tertiary/aromatic N) is 1. The van der Waals surface area contributed by atoms with Crippen LogP contribution in [-0.2, 0) is 10.0 Å². The number of rotatable bonds is 4. The second-order valence-corrected chi connectivity index (χ2v) is 7.28. The van der Waals surface area contributed by atoms with Crippen molar-refractivity contribution in [2.24, 2.45) is 0 Å². The summed E-state index contributed by atoms with van der Waals surface area (Å²) in [5, 5.41) is 9.58. The molecule has 0 saturated heterocycles. The lowest BCUT2D eigenvalue weighted by Crippen LogP contribution is -2.22. The summed E-state index contributed by atoms with van der Waals surface area (Å²) in [7, 11) is -1.39. The van der Waals surface area contributed by atoms with E-state index in [1.807, 2.05) is 0 Å². The number of phenolic OH excluding ortho intramolecular Hbond substituents is 1. The van der Waals surface area contributed by atoms with Crippen LogP contribution in [0.2, 0.25) is 0 Å². The molecule has 0 aromatic heterocycles. The Bertz CT molecular complexity index is 943. The fraction of sp³-hybridized carbons (Fsp3) is 0.188. The van der Waals surface area contributed by atoms with E-state index in [9.17, 15) is 27.1 Å². The van der Waals surface area contributed by atoms with Crippen LogP contribution in [0.25, 0.3) is 0 Å². The molecule has 0 bridgehead atoms. The summed E-state index contributed by atoms with van der Waals surface area (Å²) >= 11 is 0. The fourth-order valence-corrected chi connectivity index (χ4v) is 3.34. The zero-order valence-corrected chi connectivity index (χ0v) is 14.5. The number of nitrogens with one attached hydrogen (secondary N) is 1. The molecule has 9 heteroatoms. The topological polar surface area (TPSA) is 86.7 Å². The van der Waals surface area contributed by atoms with Crippen LogP contribution in [0.4, 0.5) is 14.5 Å². The number of halogens is 2. The Labute approximate surface area is 143 Å². The van der Waals surface area contributed by atoms with E-state index in [1.54, 1.807) is 27.1 Å². The number of sulfonamides is 1. The molecule has 0 spiro atoms. The summed E-state index contributed by atoms with van der Waals surface area (Å²) in [6.07, 6.45) is 0. The maximum absolute atomic E-state index is 13.4. The molecule has 0 radical (unpaired) electrons. The molecule has 2 rings (SSSR count). The Morgan fingerprint density at radius 1 is 1.12 bits per heavy atom. The van der Waals surface area contributed by atoms with Gasteiger partial charge in [0.25, 0.3) is 15.9 Å². The van der Waals surface area contributed by atoms with Crippen LogP contribution >= 0.6 is 0 Å². The van der Waals surface area contributed by atoms with Crippen LogP contribution in [0.15, 0.2) is 35.2 Å². The summed E-state index contributed by atoms with van der Waals surface area (Å²) in [6.45, 7) is 1.66. The third-order valence-electron chi connectivity index (χ3n) is 3.27. The van der Waals surface area contributed by atoms with E-state index in [0.29, 0.717) is 17.7 Å². The quantitative estimate of drug-likeness (QED) is 0.866. The molecule has 0 aliphatic heterocycles. The minimum Gasteiger partial charge on any atom is -0.504 e. The lowest BCUT2D eigenvalue weighted by Gasteiger charge is -2.14. The van der Waals surface area contributed by atoms with E-state index in [1.165, 1.54) is 17.0 Å². The number of hydrogen-bond donors (Lipinski definition) is 2. The summed E-state index contributed by atoms with van der Waals surface area (Å²) in [4.78, 5) is 12.4. The van der Waals surface area contributed by atoms with Crippen molar-refractivity contribution in [2.45, 2.75) is 11.8 Å². The number of hydrogen-bond acceptors (Lipinski definition) is 4. The molecular weight excluding hydrogens is 354 g/mol. The van der Waals surface area contributed by atoms with Crippen LogP contribution in [0.1, 0.15) is 15.9 Å². The molecule has 2 aromatic carbocycles. The van der Waals surface area contributed by atoms with Gasteiger partial charge in [0.1, 0.15) is 10.7 Å². The number of aryl methyl sites for hydroxylation is 1. The van der Waals surface area contributed by atoms with Gasteiger partial charge < -0.3 is 10.0 Å². The molecular formula is C16H16F2N2O4S. The molecule has 1 amide bonds. The molecule has 6 nitrogen and oxygen atoms in total. The SMILES string of the molecule is Cc1cc(NS(=O)(=O)c2cc(F)cc(F)c2O)cc(C(=O)N(C)C)c1. The van der Waals surface area contributed by atoms with Gasteiger partial charge in [-0.15, -0.1) is 0 Å². The van der Waals surface area contributed by atoms with Crippen molar-refractivity contribution in [2.75, 3.05) is 18.8 Å². The lowest BCUT2D eigenvalue weighted by atomic mass is 10.1. The minimum atomic E-state index is -4.47. The Morgan fingerprint density at radius 3 is 2.36 bits per heavy atom. The maximum atomic E-state index is 13.4. The van der Waals surface area contributed by atoms with E-state index in [2.05, 4.69) is 4.72 Å². The van der Waals surface area contributed by atoms with Crippen molar-refractivity contribution >= 4 is 21.6 Å². The summed E-state index contributed by atoms with van der Waals surface area (Å²) in [6, 6.07) is 5.17. The van der Waals surface area contributed by atoms with Crippen molar-refractivity contribution in [1.82, 2.24) is 4.90 Å². The summed E-state index contributed by atoms with van der Waals surface area (Å²) < 4.78 is 53.5. The lowest BCUT2D eigenvalue weighted by molar-refractivity contribution is 0.0827. The zero-order valence-electron chi connectivity index (χ0n) is 13.7. The first-order chi connectivity index (χ1) is 11.5. The molecule has 2 aromatic rings. The van der Waals surface area contributed by atoms with Gasteiger partial charge in [-0.1, -0.05) is 0 Å². The molecule has 0 aliphatic rings. The average molecular weight is 370 g/mol. The molecule has 0 fully saturated rings. The van der Waals surface area contributed by atoms with Gasteiger partial charge in [-0.3, -0.25) is 9.52 Å². The van der Waals surface area contributed by atoms with E-state index in [0.717, 1.165) is 0 Å². The van der Waals surface area contributed by atoms with Crippen LogP contribution in [0.5, 0.6) is 5.75 Å². The van der Waals surface area contributed by atoms with Crippen molar-refractivity contribution in [3.63, 3.8) is 0 Å². The van der Waals surface area contributed by atoms with Gasteiger partial charge in [-0.05, 0) is 36.8 Å². The highest BCUT2D eigenvalue weighted by Crippen LogP contribution is 2.29. The van der Waals surface area contributed by atoms with E-state index >= 15 is 0 Å². The number of amides is 1. The van der Waals surface area contributed by atoms with Gasteiger partial charge in [0.15, 0.2) is 11.6 Å². The molecule has 0 unspecified atom stereocenters. The van der Waals surface area contributed by atoms with Gasteiger partial charge in [-0.2, -0.15) is 0 Å². The monoisotopic (exact) mass is 370 g/mol. The molecule has 0 heterocycles. The molecule has 2 N–H and O–H groups in total. The predicted molar refractivity (Wildman–Crippen MR) is 88.0 cm³/mol. The molecule has 0 aliphatic carbocycles. The van der Waals surface area contributed by atoms with Gasteiger partial charge in [0, 0.05) is 31.4 Å². The first-order valence-electron chi connectivity index (χ1n) is 7.05. The van der Waals surface area contributed by atoms with Crippen molar-refractivity contribution in [3.05, 3.63) is 53.1 Å². The second kappa shape index (κ2) is 6.67. The number of anilines is 1. The summed E-state index contributed by atoms with van der Waals surface area (Å²) in [5.74, 6) is -4.08. The predicted octanol–water partition coefficient (Wildman–Crippen LogP) is 2.48. The Hall–Kier alpha value is -2.68. The highest BCUT2D eigenvalue weighted by molar-refractivity contribution is 7.92. The van der Waals surface area contributed by atoms with Gasteiger partial charge in [0.2, 0.25) is 0 Å². The first-order valence-corrected chi connectivity index (χ1v) is 8.54. The fourth-order valence-electron chi connectivity index (χ4n) is 2.18. The highest BCUT2D eigenvalue weighted by Gasteiger charge is 2.23. The van der Waals surface area contributed by atoms with Crippen LogP contribution in [0, 0.1) is 18.6 Å². The van der Waals surface area contributed by atoms with Crippen molar-refractivity contribution in [3.8, 4) is 5.75 Å². The highest BCUT2D eigenvalue weighted by atomic mass is 32.2. The Kier molecular flexibility index (Phi) is 4.98. The molecule has 25 heavy (non-hydrogen) atoms. The Balaban J connectivity index is 2.47. The smallest absolute Gasteiger partial charge is 0.265 e. The number of carbonyl (C=O) groups is 1. The zero-order chi connectivity index (χ0) is 18.9. The van der Waals surface area contributed by atoms with Gasteiger partial charge >= 0.3 is 0 Å². The van der Waals surface area contributed by atoms with E-state index in [4.69, 9.17) is 0 Å². The van der Waals surface area contributed by atoms with Crippen LogP contribution in [0.3, 0.4) is 0 Å². The number of aromatic hydroxyl groups is 1. The largest absolute Gasteiger partial charge is 0.504 e. The maximum Gasteiger partial charge on any atom is 0.265 e. The standard InChI is InChI=1S/C16H16F2N2O4S/c1-9-4-10(16(22)20(2)3)6-12(5-9)19-25(23,24)14-8-11(17)7-13(18)15(14)21/h4-8,19,21H,1-3H3. The molecule has 134 valence electrons. The average Bonchev–Trinajstić information content (AvgIpc) is 2.48. The Morgan fingerprint density at radius 2 is 1.76 bits per heavy atom. The number of carbonyl (C=O) groups excluding carboxylic acids is 1. The molecule has 0 atom stereocenters. The van der Waals surface area contributed by atoms with Gasteiger partial charge in [-0.25, -0.2) is 17.2 Å². The normalized spacial score (nSPS) is 11.2. The minimum absolute atomic E-state index is 0.0225. The first kappa shape index (κ1) is 18.7. The van der Waals surface area contributed by atoms with Crippen molar-refractivity contribution in [1.29, 1.82) is 0 Å². The number of benzene rings is 2. The van der Waals surface area contributed by atoms with E-state index < -0.39 is 32.3 Å². The molecule has 0 saturated carbocycles. The van der Waals surface area contributed by atoms with Crippen molar-refractivity contribution < 1.29 is 27.1 Å². The third kappa shape index (κ3) is 4.05. The third-order valence-corrected chi connectivity index (χ3v) is 4.66. The van der Waals surface area contributed by atoms with Gasteiger partial charge in [0.05, 0.1) is 0 Å². The number of phenols is 1. The summed E-state index contributed by atoms with van der Waals surface area (Å²) in [5.41, 5.74) is 0.853. The van der Waals surface area contributed by atoms with Crippen LogP contribution < -0.4 is 4.72 Å².